The van der Waals surface area contributed by atoms with Crippen LogP contribution in [0.3, 0.4) is 0 Å². The first-order chi connectivity index (χ1) is 9.79. The number of carbonyl (C=O) groups excluding carboxylic acids is 1. The van der Waals surface area contributed by atoms with Crippen molar-refractivity contribution in [2.75, 3.05) is 4.72 Å². The number of nitrogens with one attached hydrogen (secondary N) is 1. The van der Waals surface area contributed by atoms with Crippen LogP contribution in [0.15, 0.2) is 45.9 Å². The molecule has 2 rings (SSSR count). The Morgan fingerprint density at radius 1 is 1.10 bits per heavy atom. The molecule has 2 aromatic rings. The summed E-state index contributed by atoms with van der Waals surface area (Å²) in [6.07, 6.45) is 0. The van der Waals surface area contributed by atoms with Crippen molar-refractivity contribution in [2.24, 2.45) is 5.73 Å². The van der Waals surface area contributed by atoms with Crippen LogP contribution in [-0.2, 0) is 10.0 Å². The Labute approximate surface area is 119 Å². The molecule has 110 valence electrons. The highest BCUT2D eigenvalue weighted by Gasteiger charge is 2.21. The summed E-state index contributed by atoms with van der Waals surface area (Å²) in [7, 11) is -4.06. The second-order valence-corrected chi connectivity index (χ2v) is 5.58. The predicted molar refractivity (Wildman–Crippen MR) is 71.4 cm³/mol. The van der Waals surface area contributed by atoms with Crippen molar-refractivity contribution in [1.82, 2.24) is 0 Å². The van der Waals surface area contributed by atoms with E-state index in [0.717, 1.165) is 12.1 Å². The number of aromatic carboxylic acids is 1. The number of primary amides is 1. The molecule has 0 aliphatic carbocycles. The van der Waals surface area contributed by atoms with Crippen LogP contribution < -0.4 is 10.5 Å². The standard InChI is InChI=1S/C12H10N2O6S/c13-11(15)7-1-3-8(4-2-7)14-21(18,19)10-6-5-9(20-10)12(16)17/h1-6,14H,(H2,13,15)(H,16,17). The van der Waals surface area contributed by atoms with Crippen LogP contribution in [0.2, 0.25) is 0 Å². The third-order valence-electron chi connectivity index (χ3n) is 2.48. The van der Waals surface area contributed by atoms with Crippen LogP contribution in [0.25, 0.3) is 0 Å². The molecule has 0 aliphatic rings. The summed E-state index contributed by atoms with van der Waals surface area (Å²) in [6, 6.07) is 7.46. The summed E-state index contributed by atoms with van der Waals surface area (Å²) in [5.41, 5.74) is 5.47. The molecule has 0 fully saturated rings. The number of furan rings is 1. The average Bonchev–Trinajstić information content (AvgIpc) is 2.89. The number of amides is 1. The third kappa shape index (κ3) is 3.20. The van der Waals surface area contributed by atoms with E-state index in [2.05, 4.69) is 4.72 Å². The summed E-state index contributed by atoms with van der Waals surface area (Å²) < 4.78 is 30.8. The zero-order chi connectivity index (χ0) is 15.6. The Morgan fingerprint density at radius 2 is 1.71 bits per heavy atom. The number of hydrogen-bond acceptors (Lipinski definition) is 5. The van der Waals surface area contributed by atoms with Gasteiger partial charge in [0.15, 0.2) is 0 Å². The van der Waals surface area contributed by atoms with E-state index in [0.29, 0.717) is 0 Å². The molecule has 0 unspecified atom stereocenters. The number of anilines is 1. The van der Waals surface area contributed by atoms with Crippen molar-refractivity contribution in [3.63, 3.8) is 0 Å². The Balaban J connectivity index is 2.24. The van der Waals surface area contributed by atoms with Crippen molar-refractivity contribution < 1.29 is 27.5 Å². The van der Waals surface area contributed by atoms with Crippen molar-refractivity contribution in [2.45, 2.75) is 5.09 Å². The number of hydrogen-bond donors (Lipinski definition) is 3. The molecular formula is C12H10N2O6S. The van der Waals surface area contributed by atoms with E-state index in [1.54, 1.807) is 0 Å². The summed E-state index contributed by atoms with van der Waals surface area (Å²) >= 11 is 0. The van der Waals surface area contributed by atoms with Gasteiger partial charge < -0.3 is 15.3 Å². The Hall–Kier alpha value is -2.81. The van der Waals surface area contributed by atoms with Crippen molar-refractivity contribution in [3.8, 4) is 0 Å². The van der Waals surface area contributed by atoms with Gasteiger partial charge >= 0.3 is 5.97 Å². The Morgan fingerprint density at radius 3 is 2.19 bits per heavy atom. The van der Waals surface area contributed by atoms with Gasteiger partial charge in [-0.05, 0) is 36.4 Å². The lowest BCUT2D eigenvalue weighted by Crippen LogP contribution is -2.13. The molecule has 8 nitrogen and oxygen atoms in total. The topological polar surface area (TPSA) is 140 Å². The molecule has 0 aliphatic heterocycles. The number of rotatable bonds is 5. The molecule has 0 saturated carbocycles. The maximum atomic E-state index is 12.0. The van der Waals surface area contributed by atoms with Gasteiger partial charge in [-0.25, -0.2) is 4.79 Å². The van der Waals surface area contributed by atoms with E-state index in [1.807, 2.05) is 0 Å². The van der Waals surface area contributed by atoms with Crippen LogP contribution in [0.1, 0.15) is 20.9 Å². The van der Waals surface area contributed by atoms with Crippen LogP contribution >= 0.6 is 0 Å². The third-order valence-corrected chi connectivity index (χ3v) is 3.73. The Bertz CT molecular complexity index is 791. The molecule has 1 amide bonds. The fourth-order valence-corrected chi connectivity index (χ4v) is 2.48. The van der Waals surface area contributed by atoms with Gasteiger partial charge in [0.05, 0.1) is 0 Å². The maximum absolute atomic E-state index is 12.0. The van der Waals surface area contributed by atoms with Crippen molar-refractivity contribution in [1.29, 1.82) is 0 Å². The molecule has 0 saturated heterocycles. The highest BCUT2D eigenvalue weighted by atomic mass is 32.2. The Kier molecular flexibility index (Phi) is 3.68. The molecular weight excluding hydrogens is 300 g/mol. The minimum atomic E-state index is -4.06. The quantitative estimate of drug-likeness (QED) is 0.748. The molecule has 0 spiro atoms. The van der Waals surface area contributed by atoms with Crippen LogP contribution in [0.5, 0.6) is 0 Å². The van der Waals surface area contributed by atoms with Gasteiger partial charge in [-0.15, -0.1) is 0 Å². The molecule has 0 bridgehead atoms. The lowest BCUT2D eigenvalue weighted by atomic mass is 10.2. The predicted octanol–water partition coefficient (Wildman–Crippen LogP) is 0.877. The number of nitrogens with two attached hydrogens (primary N) is 1. The first-order valence-corrected chi connectivity index (χ1v) is 7.04. The highest BCUT2D eigenvalue weighted by Crippen LogP contribution is 2.19. The van der Waals surface area contributed by atoms with E-state index in [-0.39, 0.29) is 11.3 Å². The van der Waals surface area contributed by atoms with Gasteiger partial charge in [-0.3, -0.25) is 9.52 Å². The number of carboxylic acid groups (broad SMARTS) is 1. The fraction of sp³-hybridized carbons (Fsp3) is 0. The molecule has 21 heavy (non-hydrogen) atoms. The lowest BCUT2D eigenvalue weighted by molar-refractivity contribution is 0.0656. The van der Waals surface area contributed by atoms with Gasteiger partial charge in [0.1, 0.15) is 0 Å². The smallest absolute Gasteiger partial charge is 0.371 e. The number of sulfonamides is 1. The summed E-state index contributed by atoms with van der Waals surface area (Å²) in [6.45, 7) is 0. The van der Waals surface area contributed by atoms with E-state index in [9.17, 15) is 18.0 Å². The molecule has 0 atom stereocenters. The zero-order valence-corrected chi connectivity index (χ0v) is 11.3. The number of carbonyl (C=O) groups is 2. The minimum Gasteiger partial charge on any atom is -0.475 e. The fourth-order valence-electron chi connectivity index (χ4n) is 1.49. The molecule has 9 heteroatoms. The molecule has 1 aromatic carbocycles. The SMILES string of the molecule is NC(=O)c1ccc(NS(=O)(=O)c2ccc(C(=O)O)o2)cc1. The first-order valence-electron chi connectivity index (χ1n) is 5.55. The summed E-state index contributed by atoms with van der Waals surface area (Å²) in [4.78, 5) is 21.5. The van der Waals surface area contributed by atoms with Gasteiger partial charge in [-0.1, -0.05) is 0 Å². The largest absolute Gasteiger partial charge is 0.475 e. The van der Waals surface area contributed by atoms with Gasteiger partial charge in [0.25, 0.3) is 10.0 Å². The second kappa shape index (κ2) is 5.29. The minimum absolute atomic E-state index is 0.174. The molecule has 0 radical (unpaired) electrons. The average molecular weight is 310 g/mol. The van der Waals surface area contributed by atoms with E-state index < -0.39 is 32.8 Å². The number of carboxylic acids is 1. The highest BCUT2D eigenvalue weighted by molar-refractivity contribution is 7.92. The summed E-state index contributed by atoms with van der Waals surface area (Å²) in [5.74, 6) is -2.50. The lowest BCUT2D eigenvalue weighted by Gasteiger charge is -2.05. The zero-order valence-electron chi connectivity index (χ0n) is 10.4. The van der Waals surface area contributed by atoms with E-state index >= 15 is 0 Å². The van der Waals surface area contributed by atoms with Crippen molar-refractivity contribution in [3.05, 3.63) is 47.7 Å². The summed E-state index contributed by atoms with van der Waals surface area (Å²) in [5, 5.41) is 8.15. The first kappa shape index (κ1) is 14.6. The van der Waals surface area contributed by atoms with Gasteiger partial charge in [-0.2, -0.15) is 8.42 Å². The van der Waals surface area contributed by atoms with E-state index in [1.165, 1.54) is 24.3 Å². The molecule has 1 aromatic heterocycles. The number of benzene rings is 1. The van der Waals surface area contributed by atoms with Crippen molar-refractivity contribution >= 4 is 27.6 Å². The van der Waals surface area contributed by atoms with Crippen LogP contribution in [0.4, 0.5) is 5.69 Å². The van der Waals surface area contributed by atoms with Gasteiger partial charge in [0.2, 0.25) is 16.8 Å². The maximum Gasteiger partial charge on any atom is 0.371 e. The van der Waals surface area contributed by atoms with Crippen LogP contribution in [0, 0.1) is 0 Å². The molecule has 4 N–H and O–H groups in total. The normalized spacial score (nSPS) is 11.0. The van der Waals surface area contributed by atoms with Crippen LogP contribution in [-0.4, -0.2) is 25.4 Å². The van der Waals surface area contributed by atoms with E-state index in [4.69, 9.17) is 15.3 Å². The van der Waals surface area contributed by atoms with Gasteiger partial charge in [0, 0.05) is 11.3 Å². The molecule has 1 heterocycles. The monoisotopic (exact) mass is 310 g/mol. The second-order valence-electron chi connectivity index (χ2n) is 3.97.